The van der Waals surface area contributed by atoms with Crippen LogP contribution in [0, 0.1) is 26.7 Å². The third kappa shape index (κ3) is 4.52. The van der Waals surface area contributed by atoms with Crippen LogP contribution in [0.2, 0.25) is 0 Å². The van der Waals surface area contributed by atoms with Gasteiger partial charge in [-0.05, 0) is 63.8 Å². The normalized spacial score (nSPS) is 21.8. The molecule has 7 nitrogen and oxygen atoms in total. The lowest BCUT2D eigenvalue weighted by Crippen LogP contribution is -2.59. The van der Waals surface area contributed by atoms with Gasteiger partial charge in [-0.3, -0.25) is 9.59 Å². The molecule has 2 aliphatic rings. The van der Waals surface area contributed by atoms with Crippen molar-refractivity contribution in [2.75, 3.05) is 19.6 Å². The van der Waals surface area contributed by atoms with Gasteiger partial charge < -0.3 is 19.1 Å². The van der Waals surface area contributed by atoms with Crippen molar-refractivity contribution in [1.82, 2.24) is 9.47 Å². The van der Waals surface area contributed by atoms with Crippen molar-refractivity contribution in [1.29, 1.82) is 0 Å². The fourth-order valence-electron chi connectivity index (χ4n) is 6.43. The summed E-state index contributed by atoms with van der Waals surface area (Å²) in [5.74, 6) is -1.32. The van der Waals surface area contributed by atoms with Crippen molar-refractivity contribution in [2.45, 2.75) is 86.9 Å². The number of aromatic nitrogens is 1. The summed E-state index contributed by atoms with van der Waals surface area (Å²) < 4.78 is 2.83. The average molecular weight is 509 g/mol. The number of aryl methyl sites for hydroxylation is 3. The van der Waals surface area contributed by atoms with E-state index in [4.69, 9.17) is 0 Å². The monoisotopic (exact) mass is 508 g/mol. The standard InChI is InChI=1S/C30H41N3O4/c1-8-23(27(30(36)37)32-22(7)21(6)29(32)35)16-33(12-10-11-13-33)17-24-15-31(9-2)25-14-18(3)19(4)20(5)26(25)28(24)34/h14-15,21-22H,8-13,16-17H2,1-7H3/p+1/b27-23+. The Labute approximate surface area is 220 Å². The van der Waals surface area contributed by atoms with Crippen LogP contribution in [-0.2, 0) is 22.7 Å². The number of rotatable bonds is 8. The molecule has 37 heavy (non-hydrogen) atoms. The number of carboxylic acids is 1. The van der Waals surface area contributed by atoms with E-state index in [1.165, 1.54) is 10.5 Å². The Balaban J connectivity index is 1.81. The molecule has 1 aromatic heterocycles. The molecule has 7 heteroatoms. The summed E-state index contributed by atoms with van der Waals surface area (Å²) in [6, 6.07) is 2.00. The zero-order valence-corrected chi connectivity index (χ0v) is 23.5. The van der Waals surface area contributed by atoms with Gasteiger partial charge in [-0.2, -0.15) is 0 Å². The Bertz CT molecular complexity index is 1350. The molecule has 4 rings (SSSR count). The molecule has 3 heterocycles. The number of quaternary nitrogens is 1. The molecule has 0 aliphatic carbocycles. The summed E-state index contributed by atoms with van der Waals surface area (Å²) in [5, 5.41) is 11.0. The fraction of sp³-hybridized carbons (Fsp3) is 0.567. The predicted octanol–water partition coefficient (Wildman–Crippen LogP) is 4.67. The molecule has 2 unspecified atom stereocenters. The summed E-state index contributed by atoms with van der Waals surface area (Å²) in [6.07, 6.45) is 4.67. The molecular formula is C30H42N3O4+. The van der Waals surface area contributed by atoms with E-state index >= 15 is 0 Å². The van der Waals surface area contributed by atoms with Gasteiger partial charge in [0.15, 0.2) is 5.43 Å². The smallest absolute Gasteiger partial charge is 0.352 e. The lowest BCUT2D eigenvalue weighted by Gasteiger charge is -2.45. The molecule has 2 aliphatic heterocycles. The number of benzene rings is 1. The number of pyridine rings is 1. The van der Waals surface area contributed by atoms with Crippen molar-refractivity contribution in [2.24, 2.45) is 5.92 Å². The molecule has 0 bridgehead atoms. The number of aliphatic carboxylic acids is 1. The van der Waals surface area contributed by atoms with E-state index in [1.54, 1.807) is 0 Å². The number of amides is 1. The Morgan fingerprint density at radius 2 is 1.73 bits per heavy atom. The number of β-lactam (4-membered cyclic amide) rings is 1. The first-order valence-electron chi connectivity index (χ1n) is 13.7. The highest BCUT2D eigenvalue weighted by Gasteiger charge is 2.46. The van der Waals surface area contributed by atoms with Crippen LogP contribution in [0.15, 0.2) is 28.3 Å². The topological polar surface area (TPSA) is 79.6 Å². The minimum atomic E-state index is -1.04. The van der Waals surface area contributed by atoms with Crippen LogP contribution >= 0.6 is 0 Å². The van der Waals surface area contributed by atoms with E-state index in [-0.39, 0.29) is 29.0 Å². The number of hydrogen-bond acceptors (Lipinski definition) is 3. The maximum Gasteiger partial charge on any atom is 0.352 e. The second-order valence-electron chi connectivity index (χ2n) is 11.3. The van der Waals surface area contributed by atoms with Crippen molar-refractivity contribution in [3.63, 3.8) is 0 Å². The summed E-state index contributed by atoms with van der Waals surface area (Å²) >= 11 is 0. The van der Waals surface area contributed by atoms with Crippen LogP contribution in [-0.4, -0.2) is 56.6 Å². The molecule has 2 atom stereocenters. The van der Waals surface area contributed by atoms with Gasteiger partial charge in [-0.15, -0.1) is 0 Å². The van der Waals surface area contributed by atoms with Crippen LogP contribution < -0.4 is 5.43 Å². The molecule has 2 fully saturated rings. The Kier molecular flexibility index (Phi) is 7.39. The summed E-state index contributed by atoms with van der Waals surface area (Å²) in [5.41, 5.74) is 6.17. The number of carboxylic acid groups (broad SMARTS) is 1. The summed E-state index contributed by atoms with van der Waals surface area (Å²) in [4.78, 5) is 40.5. The third-order valence-electron chi connectivity index (χ3n) is 9.13. The van der Waals surface area contributed by atoms with Crippen LogP contribution in [0.3, 0.4) is 0 Å². The highest BCUT2D eigenvalue weighted by Crippen LogP contribution is 2.34. The third-order valence-corrected chi connectivity index (χ3v) is 9.13. The first kappa shape index (κ1) is 27.1. The van der Waals surface area contributed by atoms with Gasteiger partial charge in [0.1, 0.15) is 18.8 Å². The van der Waals surface area contributed by atoms with E-state index in [0.717, 1.165) is 65.6 Å². The molecule has 0 radical (unpaired) electrons. The van der Waals surface area contributed by atoms with E-state index in [9.17, 15) is 19.5 Å². The molecule has 1 amide bonds. The van der Waals surface area contributed by atoms with Gasteiger partial charge in [0, 0.05) is 42.6 Å². The summed E-state index contributed by atoms with van der Waals surface area (Å²) in [6.45, 7) is 17.7. The van der Waals surface area contributed by atoms with E-state index in [1.807, 2.05) is 33.9 Å². The number of likely N-dealkylation sites (tertiary alicyclic amines) is 2. The van der Waals surface area contributed by atoms with Crippen molar-refractivity contribution >= 4 is 22.8 Å². The molecule has 2 saturated heterocycles. The van der Waals surface area contributed by atoms with Gasteiger partial charge in [0.25, 0.3) is 0 Å². The zero-order valence-electron chi connectivity index (χ0n) is 23.5. The molecular weight excluding hydrogens is 466 g/mol. The van der Waals surface area contributed by atoms with Gasteiger partial charge in [0.2, 0.25) is 5.91 Å². The van der Waals surface area contributed by atoms with Crippen LogP contribution in [0.4, 0.5) is 0 Å². The molecule has 1 N–H and O–H groups in total. The van der Waals surface area contributed by atoms with Gasteiger partial charge in [0.05, 0.1) is 30.1 Å². The number of hydrogen-bond donors (Lipinski definition) is 1. The first-order chi connectivity index (χ1) is 17.5. The van der Waals surface area contributed by atoms with E-state index in [2.05, 4.69) is 31.4 Å². The Morgan fingerprint density at radius 1 is 1.08 bits per heavy atom. The molecule has 0 saturated carbocycles. The molecule has 1 aromatic carbocycles. The van der Waals surface area contributed by atoms with Crippen LogP contribution in [0.25, 0.3) is 10.9 Å². The van der Waals surface area contributed by atoms with Gasteiger partial charge >= 0.3 is 5.97 Å². The predicted molar refractivity (Wildman–Crippen MR) is 146 cm³/mol. The number of fused-ring (bicyclic) bond motifs is 1. The second-order valence-corrected chi connectivity index (χ2v) is 11.3. The first-order valence-corrected chi connectivity index (χ1v) is 13.7. The Hall–Kier alpha value is -2.93. The minimum Gasteiger partial charge on any atom is -0.477 e. The van der Waals surface area contributed by atoms with Crippen molar-refractivity contribution in [3.8, 4) is 0 Å². The van der Waals surface area contributed by atoms with Gasteiger partial charge in [-0.25, -0.2) is 4.79 Å². The maximum absolute atomic E-state index is 13.9. The minimum absolute atomic E-state index is 0.0885. The second kappa shape index (κ2) is 10.1. The lowest BCUT2D eigenvalue weighted by molar-refractivity contribution is -0.925. The van der Waals surface area contributed by atoms with Gasteiger partial charge in [-0.1, -0.05) is 13.8 Å². The fourth-order valence-corrected chi connectivity index (χ4v) is 6.43. The maximum atomic E-state index is 13.9. The highest BCUT2D eigenvalue weighted by atomic mass is 16.4. The quantitative estimate of drug-likeness (QED) is 0.319. The molecule has 200 valence electrons. The Morgan fingerprint density at radius 3 is 2.27 bits per heavy atom. The zero-order chi connectivity index (χ0) is 27.2. The summed E-state index contributed by atoms with van der Waals surface area (Å²) in [7, 11) is 0. The number of carbonyl (C=O) groups excluding carboxylic acids is 1. The average Bonchev–Trinajstić information content (AvgIpc) is 3.33. The van der Waals surface area contributed by atoms with E-state index in [0.29, 0.717) is 24.0 Å². The van der Waals surface area contributed by atoms with Crippen molar-refractivity contribution < 1.29 is 19.2 Å². The van der Waals surface area contributed by atoms with Crippen LogP contribution in [0.5, 0.6) is 0 Å². The highest BCUT2D eigenvalue weighted by molar-refractivity contribution is 5.97. The van der Waals surface area contributed by atoms with E-state index < -0.39 is 5.97 Å². The molecule has 0 spiro atoms. The largest absolute Gasteiger partial charge is 0.477 e. The van der Waals surface area contributed by atoms with Crippen molar-refractivity contribution in [3.05, 3.63) is 56.0 Å². The molecule has 2 aromatic rings. The SMILES string of the molecule is CC/C(C[N+]1(Cc2cn(CC)c3cc(C)c(C)c(C)c3c2=O)CCCC1)=C(/C(=O)O)N1C(=O)C(C)C1C. The van der Waals surface area contributed by atoms with Crippen LogP contribution in [0.1, 0.15) is 69.2 Å². The number of carbonyl (C=O) groups is 2. The number of nitrogens with zero attached hydrogens (tertiary/aromatic N) is 3. The lowest BCUT2D eigenvalue weighted by atomic mass is 9.88.